The highest BCUT2D eigenvalue weighted by atomic mass is 35.5. The van der Waals surface area contributed by atoms with Gasteiger partial charge in [-0.3, -0.25) is 0 Å². The summed E-state index contributed by atoms with van der Waals surface area (Å²) >= 11 is 0. The Balaban J connectivity index is 0.00000196. The summed E-state index contributed by atoms with van der Waals surface area (Å²) in [6.07, 6.45) is 1.58. The number of anilines is 1. The normalized spacial score (nSPS) is 10.7. The predicted octanol–water partition coefficient (Wildman–Crippen LogP) is 2.26. The third kappa shape index (κ3) is 4.10. The summed E-state index contributed by atoms with van der Waals surface area (Å²) in [7, 11) is -3.09. The molecule has 0 amide bonds. The molecule has 0 unspecified atom stereocenters. The number of hydrogen-bond donors (Lipinski definition) is 1. The van der Waals surface area contributed by atoms with Gasteiger partial charge in [-0.2, -0.15) is 0 Å². The van der Waals surface area contributed by atoms with Gasteiger partial charge in [0.15, 0.2) is 9.84 Å². The molecule has 0 fully saturated rings. The molecule has 0 aliphatic heterocycles. The van der Waals surface area contributed by atoms with E-state index in [0.29, 0.717) is 17.0 Å². The minimum Gasteiger partial charge on any atom is -0.399 e. The van der Waals surface area contributed by atoms with Gasteiger partial charge < -0.3 is 5.73 Å². The van der Waals surface area contributed by atoms with Crippen LogP contribution < -0.4 is 5.73 Å². The van der Waals surface area contributed by atoms with E-state index < -0.39 is 9.84 Å². The molecule has 1 aromatic rings. The van der Waals surface area contributed by atoms with Crippen LogP contribution in [-0.4, -0.2) is 14.2 Å². The monoisotopic (exact) mass is 249 g/mol. The van der Waals surface area contributed by atoms with Crippen LogP contribution in [0.5, 0.6) is 0 Å². The second-order valence-corrected chi connectivity index (χ2v) is 5.35. The van der Waals surface area contributed by atoms with Crippen molar-refractivity contribution >= 4 is 27.9 Å². The second kappa shape index (κ2) is 5.98. The molecule has 1 rings (SSSR count). The maximum absolute atomic E-state index is 11.7. The maximum atomic E-state index is 11.7. The van der Waals surface area contributed by atoms with Crippen LogP contribution in [0, 0.1) is 0 Å². The zero-order chi connectivity index (χ0) is 10.6. The van der Waals surface area contributed by atoms with E-state index in [2.05, 4.69) is 0 Å². The van der Waals surface area contributed by atoms with Crippen molar-refractivity contribution in [3.05, 3.63) is 24.3 Å². The Hall–Kier alpha value is -0.740. The molecule has 0 radical (unpaired) electrons. The predicted molar refractivity (Wildman–Crippen MR) is 65.1 cm³/mol. The molecule has 5 heteroatoms. The number of unbranched alkanes of at least 4 members (excludes halogenated alkanes) is 1. The largest absolute Gasteiger partial charge is 0.399 e. The van der Waals surface area contributed by atoms with E-state index in [4.69, 9.17) is 5.73 Å². The highest BCUT2D eigenvalue weighted by Crippen LogP contribution is 2.14. The summed E-state index contributed by atoms with van der Waals surface area (Å²) in [5, 5.41) is 0. The van der Waals surface area contributed by atoms with Crippen LogP contribution in [-0.2, 0) is 9.84 Å². The van der Waals surface area contributed by atoms with Crippen LogP contribution >= 0.6 is 12.4 Å². The molecule has 2 N–H and O–H groups in total. The van der Waals surface area contributed by atoms with Crippen LogP contribution in [0.3, 0.4) is 0 Å². The van der Waals surface area contributed by atoms with E-state index in [0.717, 1.165) is 6.42 Å². The van der Waals surface area contributed by atoms with Crippen molar-refractivity contribution < 1.29 is 8.42 Å². The summed E-state index contributed by atoms with van der Waals surface area (Å²) in [4.78, 5) is 0.361. The fraction of sp³-hybridized carbons (Fsp3) is 0.400. The topological polar surface area (TPSA) is 60.2 Å². The molecule has 0 aliphatic rings. The lowest BCUT2D eigenvalue weighted by Crippen LogP contribution is -2.06. The molecule has 86 valence electrons. The molecule has 15 heavy (non-hydrogen) atoms. The molecule has 0 heterocycles. The lowest BCUT2D eigenvalue weighted by molar-refractivity contribution is 0.592. The van der Waals surface area contributed by atoms with E-state index in [1.807, 2.05) is 6.92 Å². The first-order valence-corrected chi connectivity index (χ1v) is 6.30. The number of rotatable bonds is 4. The molecule has 0 bridgehead atoms. The molecule has 0 spiro atoms. The van der Waals surface area contributed by atoms with E-state index >= 15 is 0 Å². The van der Waals surface area contributed by atoms with Crippen molar-refractivity contribution in [1.82, 2.24) is 0 Å². The van der Waals surface area contributed by atoms with Gasteiger partial charge in [0.05, 0.1) is 10.6 Å². The fourth-order valence-corrected chi connectivity index (χ4v) is 2.58. The van der Waals surface area contributed by atoms with Gasteiger partial charge in [-0.05, 0) is 30.7 Å². The molecule has 0 saturated carbocycles. The van der Waals surface area contributed by atoms with Crippen molar-refractivity contribution in [1.29, 1.82) is 0 Å². The molecule has 3 nitrogen and oxygen atoms in total. The summed E-state index contributed by atoms with van der Waals surface area (Å²) in [6, 6.07) is 6.33. The molecule has 1 aromatic carbocycles. The SMILES string of the molecule is CCCCS(=O)(=O)c1ccc(N)cc1.Cl. The summed E-state index contributed by atoms with van der Waals surface area (Å²) in [6.45, 7) is 1.97. The van der Waals surface area contributed by atoms with Crippen LogP contribution in [0.15, 0.2) is 29.2 Å². The average Bonchev–Trinajstić information content (AvgIpc) is 2.16. The van der Waals surface area contributed by atoms with E-state index in [9.17, 15) is 8.42 Å². The second-order valence-electron chi connectivity index (χ2n) is 3.24. The smallest absolute Gasteiger partial charge is 0.178 e. The standard InChI is InChI=1S/C10H15NO2S.ClH/c1-2-3-8-14(12,13)10-6-4-9(11)5-7-10;/h4-7H,2-3,8,11H2,1H3;1H. The summed E-state index contributed by atoms with van der Waals surface area (Å²) in [5.41, 5.74) is 6.06. The zero-order valence-corrected chi connectivity index (χ0v) is 10.3. The first-order valence-electron chi connectivity index (χ1n) is 4.64. The van der Waals surface area contributed by atoms with E-state index in [1.165, 1.54) is 0 Å². The number of halogens is 1. The van der Waals surface area contributed by atoms with Gasteiger partial charge in [-0.15, -0.1) is 12.4 Å². The van der Waals surface area contributed by atoms with Gasteiger partial charge in [0.25, 0.3) is 0 Å². The maximum Gasteiger partial charge on any atom is 0.178 e. The van der Waals surface area contributed by atoms with Gasteiger partial charge in [-0.1, -0.05) is 13.3 Å². The number of nitrogens with two attached hydrogens (primary N) is 1. The van der Waals surface area contributed by atoms with Crippen molar-refractivity contribution in [3.8, 4) is 0 Å². The van der Waals surface area contributed by atoms with Crippen molar-refractivity contribution in [2.75, 3.05) is 11.5 Å². The number of hydrogen-bond acceptors (Lipinski definition) is 3. The highest BCUT2D eigenvalue weighted by molar-refractivity contribution is 7.91. The van der Waals surface area contributed by atoms with E-state index in [1.54, 1.807) is 24.3 Å². The molecule has 0 aromatic heterocycles. The first-order chi connectivity index (χ1) is 6.56. The number of sulfone groups is 1. The third-order valence-electron chi connectivity index (χ3n) is 2.01. The summed E-state index contributed by atoms with van der Waals surface area (Å²) < 4.78 is 23.3. The highest BCUT2D eigenvalue weighted by Gasteiger charge is 2.12. The van der Waals surface area contributed by atoms with Crippen LogP contribution in [0.25, 0.3) is 0 Å². The Morgan fingerprint density at radius 1 is 1.20 bits per heavy atom. The van der Waals surface area contributed by atoms with Crippen LogP contribution in [0.2, 0.25) is 0 Å². The van der Waals surface area contributed by atoms with Gasteiger partial charge >= 0.3 is 0 Å². The van der Waals surface area contributed by atoms with Gasteiger partial charge in [0.1, 0.15) is 0 Å². The first kappa shape index (κ1) is 14.3. The lowest BCUT2D eigenvalue weighted by atomic mass is 10.3. The zero-order valence-electron chi connectivity index (χ0n) is 8.64. The van der Waals surface area contributed by atoms with Crippen molar-refractivity contribution in [2.45, 2.75) is 24.7 Å². The van der Waals surface area contributed by atoms with Gasteiger partial charge in [-0.25, -0.2) is 8.42 Å². The van der Waals surface area contributed by atoms with E-state index in [-0.39, 0.29) is 18.2 Å². The fourth-order valence-electron chi connectivity index (χ4n) is 1.13. The Morgan fingerprint density at radius 3 is 2.20 bits per heavy atom. The Bertz CT molecular complexity index is 386. The molecule has 0 atom stereocenters. The third-order valence-corrected chi connectivity index (χ3v) is 3.82. The summed E-state index contributed by atoms with van der Waals surface area (Å²) in [5.74, 6) is 0.216. The average molecular weight is 250 g/mol. The van der Waals surface area contributed by atoms with Crippen LogP contribution in [0.4, 0.5) is 5.69 Å². The Kier molecular flexibility index (Phi) is 5.68. The Labute approximate surface area is 97.0 Å². The lowest BCUT2D eigenvalue weighted by Gasteiger charge is -2.03. The molecular formula is C10H16ClNO2S. The number of nitrogen functional groups attached to an aromatic ring is 1. The quantitative estimate of drug-likeness (QED) is 0.833. The minimum atomic E-state index is -3.09. The minimum absolute atomic E-state index is 0. The van der Waals surface area contributed by atoms with Gasteiger partial charge in [0, 0.05) is 5.69 Å². The number of benzene rings is 1. The van der Waals surface area contributed by atoms with Crippen molar-refractivity contribution in [3.63, 3.8) is 0 Å². The molecule has 0 aliphatic carbocycles. The van der Waals surface area contributed by atoms with Gasteiger partial charge in [0.2, 0.25) is 0 Å². The van der Waals surface area contributed by atoms with Crippen molar-refractivity contribution in [2.24, 2.45) is 0 Å². The molecule has 0 saturated heterocycles. The van der Waals surface area contributed by atoms with Crippen LogP contribution in [0.1, 0.15) is 19.8 Å². The Morgan fingerprint density at radius 2 is 1.73 bits per heavy atom. The molecular weight excluding hydrogens is 234 g/mol.